The van der Waals surface area contributed by atoms with E-state index in [-0.39, 0.29) is 12.5 Å². The number of esters is 1. The summed E-state index contributed by atoms with van der Waals surface area (Å²) in [5, 5.41) is 0. The third kappa shape index (κ3) is 4.39. The molecule has 0 atom stereocenters. The van der Waals surface area contributed by atoms with Crippen LogP contribution in [0.1, 0.15) is 31.4 Å². The summed E-state index contributed by atoms with van der Waals surface area (Å²) >= 11 is 0. The zero-order valence-electron chi connectivity index (χ0n) is 10.5. The summed E-state index contributed by atoms with van der Waals surface area (Å²) < 4.78 is 4.84. The van der Waals surface area contributed by atoms with Gasteiger partial charge in [0.2, 0.25) is 5.78 Å². The molecular formula is C14H18O3. The predicted molar refractivity (Wildman–Crippen MR) is 65.7 cm³/mol. The molecule has 0 unspecified atom stereocenters. The van der Waals surface area contributed by atoms with Crippen LogP contribution < -0.4 is 0 Å². The van der Waals surface area contributed by atoms with Gasteiger partial charge in [-0.25, -0.2) is 4.79 Å². The van der Waals surface area contributed by atoms with Gasteiger partial charge in [0.05, 0.1) is 6.10 Å². The van der Waals surface area contributed by atoms with Gasteiger partial charge in [0.1, 0.15) is 0 Å². The number of ketones is 1. The molecule has 0 N–H and O–H groups in total. The molecule has 0 aliphatic rings. The molecule has 0 fully saturated rings. The first-order chi connectivity index (χ1) is 8.00. The lowest BCUT2D eigenvalue weighted by Crippen LogP contribution is -2.21. The van der Waals surface area contributed by atoms with Crippen LogP contribution in [-0.2, 0) is 20.7 Å². The minimum atomic E-state index is -0.728. The van der Waals surface area contributed by atoms with Gasteiger partial charge < -0.3 is 4.74 Å². The van der Waals surface area contributed by atoms with Crippen molar-refractivity contribution in [2.75, 3.05) is 0 Å². The van der Waals surface area contributed by atoms with Gasteiger partial charge in [-0.1, -0.05) is 24.3 Å². The molecule has 1 aromatic carbocycles. The lowest BCUT2D eigenvalue weighted by Gasteiger charge is -2.07. The Kier molecular flexibility index (Phi) is 4.88. The highest BCUT2D eigenvalue weighted by Crippen LogP contribution is 2.10. The van der Waals surface area contributed by atoms with E-state index in [0.29, 0.717) is 6.42 Å². The molecule has 0 spiro atoms. The Bertz CT molecular complexity index is 408. The van der Waals surface area contributed by atoms with Crippen LogP contribution in [0.15, 0.2) is 24.3 Å². The smallest absolute Gasteiger partial charge is 0.374 e. The van der Waals surface area contributed by atoms with Gasteiger partial charge in [0.25, 0.3) is 0 Å². The Labute approximate surface area is 102 Å². The average Bonchev–Trinajstić information content (AvgIpc) is 2.26. The third-order valence-electron chi connectivity index (χ3n) is 2.45. The van der Waals surface area contributed by atoms with Crippen LogP contribution >= 0.6 is 0 Å². The first-order valence-corrected chi connectivity index (χ1v) is 5.79. The number of carbonyl (C=O) groups is 2. The van der Waals surface area contributed by atoms with Crippen molar-refractivity contribution in [2.45, 2.75) is 39.7 Å². The van der Waals surface area contributed by atoms with Crippen LogP contribution in [0.2, 0.25) is 0 Å². The molecule has 3 heteroatoms. The number of carbonyl (C=O) groups excluding carboxylic acids is 2. The molecule has 0 aliphatic carbocycles. The number of ether oxygens (including phenoxy) is 1. The molecule has 17 heavy (non-hydrogen) atoms. The van der Waals surface area contributed by atoms with Crippen molar-refractivity contribution in [2.24, 2.45) is 0 Å². The van der Waals surface area contributed by atoms with Gasteiger partial charge in [-0.05, 0) is 38.3 Å². The van der Waals surface area contributed by atoms with E-state index in [1.807, 2.05) is 31.2 Å². The first-order valence-electron chi connectivity index (χ1n) is 5.79. The second-order valence-electron chi connectivity index (χ2n) is 4.30. The van der Waals surface area contributed by atoms with E-state index in [1.54, 1.807) is 13.8 Å². The van der Waals surface area contributed by atoms with Gasteiger partial charge in [-0.3, -0.25) is 4.79 Å². The first kappa shape index (κ1) is 13.4. The van der Waals surface area contributed by atoms with Crippen molar-refractivity contribution in [1.82, 2.24) is 0 Å². The summed E-state index contributed by atoms with van der Waals surface area (Å²) in [4.78, 5) is 22.8. The average molecular weight is 234 g/mol. The number of benzene rings is 1. The molecule has 0 saturated heterocycles. The van der Waals surface area contributed by atoms with Gasteiger partial charge in [-0.2, -0.15) is 0 Å². The summed E-state index contributed by atoms with van der Waals surface area (Å²) in [6.07, 6.45) is 0.541. The van der Waals surface area contributed by atoms with E-state index >= 15 is 0 Å². The van der Waals surface area contributed by atoms with Crippen molar-refractivity contribution in [3.05, 3.63) is 35.4 Å². The van der Waals surface area contributed by atoms with E-state index < -0.39 is 11.8 Å². The van der Waals surface area contributed by atoms with Crippen molar-refractivity contribution >= 4 is 11.8 Å². The molecular weight excluding hydrogens is 216 g/mol. The molecule has 0 saturated carbocycles. The zero-order valence-corrected chi connectivity index (χ0v) is 10.5. The summed E-state index contributed by atoms with van der Waals surface area (Å²) in [6.45, 7) is 5.45. The Morgan fingerprint density at radius 1 is 1.24 bits per heavy atom. The standard InChI is InChI=1S/C14H18O3/c1-10(2)17-14(16)13(15)9-8-12-7-5-4-6-11(12)3/h4-7,10H,8-9H2,1-3H3. The Hall–Kier alpha value is -1.64. The largest absolute Gasteiger partial charge is 0.457 e. The molecule has 1 rings (SSSR count). The summed E-state index contributed by atoms with van der Waals surface area (Å²) in [6, 6.07) is 7.84. The fourth-order valence-electron chi connectivity index (χ4n) is 1.52. The summed E-state index contributed by atoms with van der Waals surface area (Å²) in [5.74, 6) is -1.18. The van der Waals surface area contributed by atoms with Crippen LogP contribution in [0.4, 0.5) is 0 Å². The van der Waals surface area contributed by atoms with Crippen molar-refractivity contribution in [1.29, 1.82) is 0 Å². The van der Waals surface area contributed by atoms with Gasteiger partial charge >= 0.3 is 5.97 Å². The quantitative estimate of drug-likeness (QED) is 0.580. The topological polar surface area (TPSA) is 43.4 Å². The Balaban J connectivity index is 2.49. The second kappa shape index (κ2) is 6.18. The SMILES string of the molecule is Cc1ccccc1CCC(=O)C(=O)OC(C)C. The van der Waals surface area contributed by atoms with E-state index in [9.17, 15) is 9.59 Å². The molecule has 0 heterocycles. The van der Waals surface area contributed by atoms with Crippen molar-refractivity contribution in [3.63, 3.8) is 0 Å². The maximum Gasteiger partial charge on any atom is 0.374 e. The van der Waals surface area contributed by atoms with Crippen LogP contribution in [-0.4, -0.2) is 17.9 Å². The highest BCUT2D eigenvalue weighted by atomic mass is 16.5. The molecule has 3 nitrogen and oxygen atoms in total. The maximum absolute atomic E-state index is 11.5. The minimum absolute atomic E-state index is 0.205. The number of hydrogen-bond acceptors (Lipinski definition) is 3. The van der Waals surface area contributed by atoms with Crippen LogP contribution in [0, 0.1) is 6.92 Å². The molecule has 0 radical (unpaired) electrons. The fourth-order valence-corrected chi connectivity index (χ4v) is 1.52. The minimum Gasteiger partial charge on any atom is -0.457 e. The third-order valence-corrected chi connectivity index (χ3v) is 2.45. The van der Waals surface area contributed by atoms with Crippen LogP contribution in [0.5, 0.6) is 0 Å². The van der Waals surface area contributed by atoms with Gasteiger partial charge in [-0.15, -0.1) is 0 Å². The molecule has 1 aromatic rings. The highest BCUT2D eigenvalue weighted by Gasteiger charge is 2.16. The summed E-state index contributed by atoms with van der Waals surface area (Å²) in [5.41, 5.74) is 2.23. The monoisotopic (exact) mass is 234 g/mol. The van der Waals surface area contributed by atoms with Gasteiger partial charge in [0, 0.05) is 6.42 Å². The van der Waals surface area contributed by atoms with E-state index in [0.717, 1.165) is 11.1 Å². The van der Waals surface area contributed by atoms with E-state index in [1.165, 1.54) is 0 Å². The highest BCUT2D eigenvalue weighted by molar-refractivity contribution is 6.33. The summed E-state index contributed by atoms with van der Waals surface area (Å²) in [7, 11) is 0. The Morgan fingerprint density at radius 2 is 1.88 bits per heavy atom. The maximum atomic E-state index is 11.5. The molecule has 92 valence electrons. The molecule has 0 aromatic heterocycles. The second-order valence-corrected chi connectivity index (χ2v) is 4.30. The van der Waals surface area contributed by atoms with Gasteiger partial charge in [0.15, 0.2) is 0 Å². The van der Waals surface area contributed by atoms with Crippen molar-refractivity contribution < 1.29 is 14.3 Å². The van der Waals surface area contributed by atoms with Crippen LogP contribution in [0.25, 0.3) is 0 Å². The number of Topliss-reactive ketones (excluding diaryl/α,β-unsaturated/α-hetero) is 1. The lowest BCUT2D eigenvalue weighted by atomic mass is 10.0. The van der Waals surface area contributed by atoms with Crippen molar-refractivity contribution in [3.8, 4) is 0 Å². The van der Waals surface area contributed by atoms with E-state index in [2.05, 4.69) is 0 Å². The molecule has 0 aliphatic heterocycles. The number of aryl methyl sites for hydroxylation is 2. The normalized spacial score (nSPS) is 10.4. The number of rotatable bonds is 5. The Morgan fingerprint density at radius 3 is 2.47 bits per heavy atom. The molecule has 0 amide bonds. The lowest BCUT2D eigenvalue weighted by molar-refractivity contribution is -0.156. The van der Waals surface area contributed by atoms with Crippen LogP contribution in [0.3, 0.4) is 0 Å². The van der Waals surface area contributed by atoms with E-state index in [4.69, 9.17) is 4.74 Å². The number of hydrogen-bond donors (Lipinski definition) is 0. The predicted octanol–water partition coefficient (Wildman–Crippen LogP) is 2.45. The zero-order chi connectivity index (χ0) is 12.8. The fraction of sp³-hybridized carbons (Fsp3) is 0.429. The molecule has 0 bridgehead atoms.